The van der Waals surface area contributed by atoms with E-state index in [0.717, 1.165) is 24.7 Å². The van der Waals surface area contributed by atoms with Crippen molar-refractivity contribution in [3.05, 3.63) is 0 Å². The van der Waals surface area contributed by atoms with E-state index in [9.17, 15) is 0 Å². The van der Waals surface area contributed by atoms with Crippen LogP contribution >= 0.6 is 0 Å². The molecule has 0 aromatic rings. The van der Waals surface area contributed by atoms with Gasteiger partial charge in [-0.3, -0.25) is 0 Å². The summed E-state index contributed by atoms with van der Waals surface area (Å²) in [4.78, 5) is 0. The fourth-order valence-electron chi connectivity index (χ4n) is 2.22. The maximum atomic E-state index is 8.50. The first-order chi connectivity index (χ1) is 6.76. The highest BCUT2D eigenvalue weighted by Gasteiger charge is 2.14. The SMILES string of the molecule is CCCC(C)C(CCC)CCCC#N. The third-order valence-electron chi connectivity index (χ3n) is 3.07. The molecule has 0 bridgehead atoms. The molecule has 2 unspecified atom stereocenters. The predicted molar refractivity (Wildman–Crippen MR) is 61.9 cm³/mol. The molecule has 0 aliphatic heterocycles. The summed E-state index contributed by atoms with van der Waals surface area (Å²) in [5, 5.41) is 8.50. The summed E-state index contributed by atoms with van der Waals surface area (Å²) in [5.41, 5.74) is 0. The van der Waals surface area contributed by atoms with Gasteiger partial charge in [-0.1, -0.05) is 46.5 Å². The molecule has 2 atom stereocenters. The second kappa shape index (κ2) is 9.06. The van der Waals surface area contributed by atoms with Gasteiger partial charge in [0.15, 0.2) is 0 Å². The van der Waals surface area contributed by atoms with Crippen LogP contribution in [-0.4, -0.2) is 0 Å². The number of rotatable bonds is 8. The molecular formula is C13H25N. The van der Waals surface area contributed by atoms with E-state index >= 15 is 0 Å². The third kappa shape index (κ3) is 6.02. The first-order valence-electron chi connectivity index (χ1n) is 6.13. The number of unbranched alkanes of at least 4 members (excludes halogenated alkanes) is 1. The van der Waals surface area contributed by atoms with Gasteiger partial charge in [0.2, 0.25) is 0 Å². The zero-order valence-electron chi connectivity index (χ0n) is 10.1. The van der Waals surface area contributed by atoms with Crippen LogP contribution in [0.5, 0.6) is 0 Å². The molecule has 1 nitrogen and oxygen atoms in total. The van der Waals surface area contributed by atoms with Crippen LogP contribution < -0.4 is 0 Å². The minimum absolute atomic E-state index is 0.735. The van der Waals surface area contributed by atoms with E-state index in [0.29, 0.717) is 0 Å². The maximum Gasteiger partial charge on any atom is 0.0621 e. The lowest BCUT2D eigenvalue weighted by Gasteiger charge is -2.22. The van der Waals surface area contributed by atoms with E-state index in [4.69, 9.17) is 5.26 Å². The van der Waals surface area contributed by atoms with Gasteiger partial charge in [-0.05, 0) is 24.7 Å². The lowest BCUT2D eigenvalue weighted by atomic mass is 9.83. The van der Waals surface area contributed by atoms with Crippen LogP contribution in [0.15, 0.2) is 0 Å². The van der Waals surface area contributed by atoms with Crippen LogP contribution in [-0.2, 0) is 0 Å². The number of hydrogen-bond donors (Lipinski definition) is 0. The van der Waals surface area contributed by atoms with Gasteiger partial charge in [0.1, 0.15) is 0 Å². The van der Waals surface area contributed by atoms with Crippen molar-refractivity contribution < 1.29 is 0 Å². The van der Waals surface area contributed by atoms with Gasteiger partial charge in [0, 0.05) is 6.42 Å². The van der Waals surface area contributed by atoms with E-state index in [1.807, 2.05) is 0 Å². The average molecular weight is 195 g/mol. The van der Waals surface area contributed by atoms with Gasteiger partial charge in [-0.15, -0.1) is 0 Å². The molecule has 0 N–H and O–H groups in total. The Hall–Kier alpha value is -0.510. The summed E-state index contributed by atoms with van der Waals surface area (Å²) in [6.45, 7) is 6.89. The quantitative estimate of drug-likeness (QED) is 0.522. The van der Waals surface area contributed by atoms with Gasteiger partial charge in [0.05, 0.1) is 6.07 Å². The minimum atomic E-state index is 0.735. The molecule has 0 amide bonds. The summed E-state index contributed by atoms with van der Waals surface area (Å²) >= 11 is 0. The molecule has 0 spiro atoms. The zero-order chi connectivity index (χ0) is 10.8. The average Bonchev–Trinajstić information content (AvgIpc) is 2.17. The van der Waals surface area contributed by atoms with Crippen LogP contribution in [0.25, 0.3) is 0 Å². The van der Waals surface area contributed by atoms with Crippen molar-refractivity contribution >= 4 is 0 Å². The Morgan fingerprint density at radius 1 is 1.07 bits per heavy atom. The molecule has 0 aromatic carbocycles. The maximum absolute atomic E-state index is 8.50. The van der Waals surface area contributed by atoms with E-state index in [-0.39, 0.29) is 0 Å². The van der Waals surface area contributed by atoms with Crippen LogP contribution in [0.4, 0.5) is 0 Å². The second-order valence-corrected chi connectivity index (χ2v) is 4.37. The predicted octanol–water partition coefficient (Wildman–Crippen LogP) is 4.53. The van der Waals surface area contributed by atoms with Crippen molar-refractivity contribution in [3.63, 3.8) is 0 Å². The van der Waals surface area contributed by atoms with Gasteiger partial charge < -0.3 is 0 Å². The van der Waals surface area contributed by atoms with Gasteiger partial charge >= 0.3 is 0 Å². The number of nitriles is 1. The highest BCUT2D eigenvalue weighted by Crippen LogP contribution is 2.26. The molecule has 0 aliphatic rings. The standard InChI is InChI=1S/C13H25N/c1-4-8-12(3)13(9-5-2)10-6-7-11-14/h12-13H,4-10H2,1-3H3. The first-order valence-corrected chi connectivity index (χ1v) is 6.13. The fraction of sp³-hybridized carbons (Fsp3) is 0.923. The highest BCUT2D eigenvalue weighted by atomic mass is 14.2. The van der Waals surface area contributed by atoms with Gasteiger partial charge in [0.25, 0.3) is 0 Å². The molecule has 0 aromatic heterocycles. The van der Waals surface area contributed by atoms with E-state index in [1.54, 1.807) is 0 Å². The normalized spacial score (nSPS) is 14.7. The molecule has 0 heterocycles. The Morgan fingerprint density at radius 3 is 2.21 bits per heavy atom. The van der Waals surface area contributed by atoms with Crippen molar-refractivity contribution in [1.82, 2.24) is 0 Å². The number of hydrogen-bond acceptors (Lipinski definition) is 1. The van der Waals surface area contributed by atoms with Crippen molar-refractivity contribution in [1.29, 1.82) is 5.26 Å². The Bertz CT molecular complexity index is 157. The minimum Gasteiger partial charge on any atom is -0.198 e. The van der Waals surface area contributed by atoms with Crippen LogP contribution in [0.2, 0.25) is 0 Å². The third-order valence-corrected chi connectivity index (χ3v) is 3.07. The Labute approximate surface area is 89.5 Å². The number of nitrogens with zero attached hydrogens (tertiary/aromatic N) is 1. The molecule has 0 fully saturated rings. The van der Waals surface area contributed by atoms with Crippen molar-refractivity contribution in [2.24, 2.45) is 11.8 Å². The van der Waals surface area contributed by atoms with Crippen LogP contribution in [0, 0.1) is 23.2 Å². The molecule has 1 heteroatoms. The summed E-state index contributed by atoms with van der Waals surface area (Å²) in [7, 11) is 0. The molecule has 0 aliphatic carbocycles. The van der Waals surface area contributed by atoms with Crippen LogP contribution in [0.3, 0.4) is 0 Å². The highest BCUT2D eigenvalue weighted by molar-refractivity contribution is 4.72. The topological polar surface area (TPSA) is 23.8 Å². The molecule has 0 saturated carbocycles. The fourth-order valence-corrected chi connectivity index (χ4v) is 2.22. The Morgan fingerprint density at radius 2 is 1.71 bits per heavy atom. The summed E-state index contributed by atoms with van der Waals surface area (Å²) < 4.78 is 0. The molecule has 0 saturated heterocycles. The first kappa shape index (κ1) is 13.5. The Balaban J connectivity index is 3.81. The van der Waals surface area contributed by atoms with Crippen molar-refractivity contribution in [3.8, 4) is 6.07 Å². The van der Waals surface area contributed by atoms with Gasteiger partial charge in [-0.2, -0.15) is 5.26 Å². The van der Waals surface area contributed by atoms with Gasteiger partial charge in [-0.25, -0.2) is 0 Å². The monoisotopic (exact) mass is 195 g/mol. The van der Waals surface area contributed by atoms with Crippen molar-refractivity contribution in [2.75, 3.05) is 0 Å². The Kier molecular flexibility index (Phi) is 8.73. The molecule has 0 rings (SSSR count). The molecule has 0 radical (unpaired) electrons. The lowest BCUT2D eigenvalue weighted by molar-refractivity contribution is 0.290. The summed E-state index contributed by atoms with van der Waals surface area (Å²) in [6.07, 6.45) is 8.34. The smallest absolute Gasteiger partial charge is 0.0621 e. The summed E-state index contributed by atoms with van der Waals surface area (Å²) in [5.74, 6) is 1.70. The molecule has 14 heavy (non-hydrogen) atoms. The van der Waals surface area contributed by atoms with Crippen LogP contribution in [0.1, 0.15) is 65.7 Å². The van der Waals surface area contributed by atoms with Crippen molar-refractivity contribution in [2.45, 2.75) is 65.7 Å². The summed E-state index contributed by atoms with van der Waals surface area (Å²) in [6, 6.07) is 2.24. The van der Waals surface area contributed by atoms with E-state index < -0.39 is 0 Å². The van der Waals surface area contributed by atoms with E-state index in [1.165, 1.54) is 32.1 Å². The zero-order valence-corrected chi connectivity index (χ0v) is 10.1. The molecular weight excluding hydrogens is 170 g/mol. The largest absolute Gasteiger partial charge is 0.198 e. The second-order valence-electron chi connectivity index (χ2n) is 4.37. The molecule has 82 valence electrons. The lowest BCUT2D eigenvalue weighted by Crippen LogP contribution is -2.11. The van der Waals surface area contributed by atoms with E-state index in [2.05, 4.69) is 26.8 Å².